The van der Waals surface area contributed by atoms with E-state index in [1.165, 1.54) is 38.5 Å². The first-order valence-electron chi connectivity index (χ1n) is 9.93. The van der Waals surface area contributed by atoms with Gasteiger partial charge in [-0.3, -0.25) is 4.90 Å². The molecule has 2 aromatic carbocycles. The van der Waals surface area contributed by atoms with Gasteiger partial charge in [-0.1, -0.05) is 36.4 Å². The van der Waals surface area contributed by atoms with Crippen molar-refractivity contribution in [3.63, 3.8) is 0 Å². The Balaban J connectivity index is 1.45. The number of urea groups is 1. The molecule has 0 atom stereocenters. The fourth-order valence-corrected chi connectivity index (χ4v) is 6.08. The van der Waals surface area contributed by atoms with Crippen molar-refractivity contribution in [1.82, 2.24) is 5.32 Å². The maximum absolute atomic E-state index is 13.4. The van der Waals surface area contributed by atoms with Gasteiger partial charge in [-0.2, -0.15) is 0 Å². The van der Waals surface area contributed by atoms with Crippen LogP contribution in [0, 0.1) is 17.8 Å². The van der Waals surface area contributed by atoms with Crippen molar-refractivity contribution in [3.05, 3.63) is 60.7 Å². The number of amides is 2. The summed E-state index contributed by atoms with van der Waals surface area (Å²) in [6.45, 7) is 0. The van der Waals surface area contributed by atoms with Crippen molar-refractivity contribution < 1.29 is 4.79 Å². The van der Waals surface area contributed by atoms with Crippen LogP contribution in [-0.4, -0.2) is 11.6 Å². The van der Waals surface area contributed by atoms with E-state index < -0.39 is 0 Å². The number of nitrogens with zero attached hydrogens (tertiary/aromatic N) is 1. The normalized spacial score (nSPS) is 31.6. The number of benzene rings is 2. The molecule has 0 spiro atoms. The molecular weight excluding hydrogens is 320 g/mol. The Morgan fingerprint density at radius 1 is 0.769 bits per heavy atom. The zero-order valence-electron chi connectivity index (χ0n) is 15.1. The minimum absolute atomic E-state index is 0.0179. The molecule has 26 heavy (non-hydrogen) atoms. The highest BCUT2D eigenvalue weighted by Crippen LogP contribution is 2.55. The van der Waals surface area contributed by atoms with Crippen molar-refractivity contribution in [1.29, 1.82) is 0 Å². The highest BCUT2D eigenvalue weighted by molar-refractivity contribution is 5.99. The van der Waals surface area contributed by atoms with Crippen LogP contribution in [-0.2, 0) is 0 Å². The molecule has 2 amide bonds. The Hall–Kier alpha value is -2.29. The second kappa shape index (κ2) is 6.15. The van der Waals surface area contributed by atoms with Gasteiger partial charge < -0.3 is 5.32 Å². The van der Waals surface area contributed by atoms with E-state index in [4.69, 9.17) is 0 Å². The number of anilines is 2. The average molecular weight is 346 g/mol. The third-order valence-corrected chi connectivity index (χ3v) is 6.64. The molecule has 0 unspecified atom stereocenters. The van der Waals surface area contributed by atoms with Crippen LogP contribution in [0.4, 0.5) is 16.2 Å². The lowest BCUT2D eigenvalue weighted by Gasteiger charge is -2.57. The summed E-state index contributed by atoms with van der Waals surface area (Å²) in [6, 6.07) is 20.0. The molecule has 0 aliphatic heterocycles. The lowest BCUT2D eigenvalue weighted by Crippen LogP contribution is -2.61. The fourth-order valence-electron chi connectivity index (χ4n) is 6.08. The molecule has 4 fully saturated rings. The Kier molecular flexibility index (Phi) is 3.77. The van der Waals surface area contributed by atoms with E-state index in [-0.39, 0.29) is 11.6 Å². The van der Waals surface area contributed by atoms with E-state index in [9.17, 15) is 4.79 Å². The van der Waals surface area contributed by atoms with Crippen molar-refractivity contribution in [2.24, 2.45) is 17.8 Å². The molecule has 1 N–H and O–H groups in total. The lowest BCUT2D eigenvalue weighted by molar-refractivity contribution is -0.0129. The van der Waals surface area contributed by atoms with E-state index in [0.29, 0.717) is 0 Å². The summed E-state index contributed by atoms with van der Waals surface area (Å²) in [5.41, 5.74) is 1.86. The molecule has 4 aliphatic carbocycles. The highest BCUT2D eigenvalue weighted by atomic mass is 16.2. The fraction of sp³-hybridized carbons (Fsp3) is 0.435. The molecule has 0 aromatic heterocycles. The van der Waals surface area contributed by atoms with Crippen LogP contribution in [0.15, 0.2) is 60.7 Å². The predicted octanol–water partition coefficient (Wildman–Crippen LogP) is 5.50. The molecule has 0 heterocycles. The van der Waals surface area contributed by atoms with Gasteiger partial charge in [0.15, 0.2) is 0 Å². The van der Waals surface area contributed by atoms with E-state index in [1.54, 1.807) is 0 Å². The average Bonchev–Trinajstić information content (AvgIpc) is 2.62. The smallest absolute Gasteiger partial charge is 0.326 e. The summed E-state index contributed by atoms with van der Waals surface area (Å²) in [6.07, 6.45) is 7.66. The number of para-hydroxylation sites is 2. The molecule has 6 rings (SSSR count). The van der Waals surface area contributed by atoms with Crippen LogP contribution < -0.4 is 10.2 Å². The van der Waals surface area contributed by atoms with Crippen LogP contribution in [0.5, 0.6) is 0 Å². The molecule has 0 radical (unpaired) electrons. The predicted molar refractivity (Wildman–Crippen MR) is 104 cm³/mol. The summed E-state index contributed by atoms with van der Waals surface area (Å²) >= 11 is 0. The summed E-state index contributed by atoms with van der Waals surface area (Å²) in [5, 5.41) is 3.51. The lowest BCUT2D eigenvalue weighted by atomic mass is 9.53. The molecule has 3 heteroatoms. The SMILES string of the molecule is O=C(NC12CC3CC(CC(C3)C1)C2)N(c1ccccc1)c1ccccc1. The second-order valence-corrected chi connectivity index (χ2v) is 8.63. The number of hydrogen-bond acceptors (Lipinski definition) is 1. The van der Waals surface area contributed by atoms with Crippen LogP contribution in [0.3, 0.4) is 0 Å². The maximum Gasteiger partial charge on any atom is 0.326 e. The van der Waals surface area contributed by atoms with Crippen molar-refractivity contribution in [2.75, 3.05) is 4.90 Å². The van der Waals surface area contributed by atoms with Crippen LogP contribution in [0.25, 0.3) is 0 Å². The first kappa shape index (κ1) is 15.9. The van der Waals surface area contributed by atoms with Crippen LogP contribution >= 0.6 is 0 Å². The summed E-state index contributed by atoms with van der Waals surface area (Å²) in [5.74, 6) is 2.47. The zero-order valence-corrected chi connectivity index (χ0v) is 15.1. The number of carbonyl (C=O) groups is 1. The molecule has 4 aliphatic rings. The maximum atomic E-state index is 13.4. The van der Waals surface area contributed by atoms with Crippen molar-refractivity contribution in [3.8, 4) is 0 Å². The topological polar surface area (TPSA) is 32.3 Å². The van der Waals surface area contributed by atoms with E-state index in [0.717, 1.165) is 29.1 Å². The summed E-state index contributed by atoms with van der Waals surface area (Å²) < 4.78 is 0. The third kappa shape index (κ3) is 2.80. The number of rotatable bonds is 3. The van der Waals surface area contributed by atoms with Gasteiger partial charge in [-0.15, -0.1) is 0 Å². The van der Waals surface area contributed by atoms with Gasteiger partial charge in [0.1, 0.15) is 0 Å². The minimum atomic E-state index is 0.0179. The quantitative estimate of drug-likeness (QED) is 0.781. The first-order chi connectivity index (χ1) is 12.7. The third-order valence-electron chi connectivity index (χ3n) is 6.64. The van der Waals surface area contributed by atoms with Gasteiger partial charge >= 0.3 is 6.03 Å². The van der Waals surface area contributed by atoms with Gasteiger partial charge in [-0.05, 0) is 80.5 Å². The molecule has 134 valence electrons. The Morgan fingerprint density at radius 3 is 1.62 bits per heavy atom. The standard InChI is InChI=1S/C23H26N2O/c26-22(24-23-14-17-11-18(15-23)13-19(12-17)16-23)25(20-7-3-1-4-8-20)21-9-5-2-6-10-21/h1-10,17-19H,11-16H2,(H,24,26). The van der Waals surface area contributed by atoms with Gasteiger partial charge in [-0.25, -0.2) is 4.79 Å². The van der Waals surface area contributed by atoms with E-state index >= 15 is 0 Å². The van der Waals surface area contributed by atoms with Crippen LogP contribution in [0.1, 0.15) is 38.5 Å². The van der Waals surface area contributed by atoms with Crippen molar-refractivity contribution in [2.45, 2.75) is 44.1 Å². The van der Waals surface area contributed by atoms with Crippen LogP contribution in [0.2, 0.25) is 0 Å². The van der Waals surface area contributed by atoms with E-state index in [2.05, 4.69) is 5.32 Å². The number of carbonyl (C=O) groups excluding carboxylic acids is 1. The molecule has 4 saturated carbocycles. The molecular formula is C23H26N2O. The van der Waals surface area contributed by atoms with E-state index in [1.807, 2.05) is 65.6 Å². The molecule has 0 saturated heterocycles. The van der Waals surface area contributed by atoms with Gasteiger partial charge in [0.05, 0.1) is 11.4 Å². The Labute approximate surface area is 155 Å². The van der Waals surface area contributed by atoms with Gasteiger partial charge in [0.25, 0.3) is 0 Å². The highest BCUT2D eigenvalue weighted by Gasteiger charge is 2.51. The van der Waals surface area contributed by atoms with Gasteiger partial charge in [0.2, 0.25) is 0 Å². The molecule has 3 nitrogen and oxygen atoms in total. The first-order valence-corrected chi connectivity index (χ1v) is 9.93. The Morgan fingerprint density at radius 2 is 1.19 bits per heavy atom. The van der Waals surface area contributed by atoms with Crippen molar-refractivity contribution >= 4 is 17.4 Å². The number of hydrogen-bond donors (Lipinski definition) is 1. The number of nitrogens with one attached hydrogen (secondary N) is 1. The van der Waals surface area contributed by atoms with Gasteiger partial charge in [0, 0.05) is 5.54 Å². The zero-order chi connectivity index (χ0) is 17.6. The monoisotopic (exact) mass is 346 g/mol. The molecule has 2 aromatic rings. The second-order valence-electron chi connectivity index (χ2n) is 8.63. The molecule has 4 bridgehead atoms. The summed E-state index contributed by atoms with van der Waals surface area (Å²) in [4.78, 5) is 15.3. The Bertz CT molecular complexity index is 712. The summed E-state index contributed by atoms with van der Waals surface area (Å²) in [7, 11) is 0. The largest absolute Gasteiger partial charge is 0.332 e. The minimum Gasteiger partial charge on any atom is -0.332 e.